The van der Waals surface area contributed by atoms with Gasteiger partial charge in [-0.15, -0.1) is 0 Å². The second-order valence-electron chi connectivity index (χ2n) is 3.91. The minimum Gasteiger partial charge on any atom is -0.342 e. The quantitative estimate of drug-likeness (QED) is 0.691. The largest absolute Gasteiger partial charge is 0.342 e. The predicted octanol–water partition coefficient (Wildman–Crippen LogP) is 0.649. The average molecular weight is 254 g/mol. The lowest BCUT2D eigenvalue weighted by atomic mass is 10.2. The molecule has 0 atom stereocenters. The lowest BCUT2D eigenvalue weighted by Gasteiger charge is -2.31. The molecule has 2 amide bonds. The fourth-order valence-corrected chi connectivity index (χ4v) is 1.73. The zero-order valence-corrected chi connectivity index (χ0v) is 10.1. The number of hydrogen-bond donors (Lipinski definition) is 0. The Hall–Kier alpha value is -1.62. The molecule has 1 aliphatic rings. The van der Waals surface area contributed by atoms with Crippen LogP contribution in [0.3, 0.4) is 0 Å². The van der Waals surface area contributed by atoms with Crippen LogP contribution in [0.1, 0.15) is 10.4 Å². The van der Waals surface area contributed by atoms with Crippen LogP contribution in [0.25, 0.3) is 0 Å². The van der Waals surface area contributed by atoms with Gasteiger partial charge in [0.2, 0.25) is 5.91 Å². The molecule has 2 rings (SSSR count). The monoisotopic (exact) mass is 253 g/mol. The van der Waals surface area contributed by atoms with Gasteiger partial charge in [0, 0.05) is 26.3 Å². The highest BCUT2D eigenvalue weighted by Gasteiger charge is 2.25. The Morgan fingerprint density at radius 1 is 1.41 bits per heavy atom. The smallest absolute Gasteiger partial charge is 0.255 e. The summed E-state index contributed by atoms with van der Waals surface area (Å²) in [5.74, 6) is -0.234. The van der Waals surface area contributed by atoms with Crippen molar-refractivity contribution in [2.45, 2.75) is 0 Å². The van der Waals surface area contributed by atoms with Gasteiger partial charge < -0.3 is 9.80 Å². The van der Waals surface area contributed by atoms with Crippen molar-refractivity contribution in [1.82, 2.24) is 14.8 Å². The fraction of sp³-hybridized carbons (Fsp3) is 0.364. The standard InChI is InChI=1S/C11H12ClN3O2/c1-14-4-5-15(7-10(14)16)11(17)8-2-3-9(12)13-6-8/h2-3,6H,4-5,7H2,1H3. The molecule has 0 bridgehead atoms. The average Bonchev–Trinajstić information content (AvgIpc) is 2.33. The number of piperazine rings is 1. The number of halogens is 1. The molecule has 0 aliphatic carbocycles. The van der Waals surface area contributed by atoms with E-state index in [1.165, 1.54) is 11.1 Å². The molecule has 0 N–H and O–H groups in total. The highest BCUT2D eigenvalue weighted by atomic mass is 35.5. The third-order valence-corrected chi connectivity index (χ3v) is 2.94. The van der Waals surface area contributed by atoms with Crippen LogP contribution < -0.4 is 0 Å². The summed E-state index contributed by atoms with van der Waals surface area (Å²) in [4.78, 5) is 30.5. The molecule has 17 heavy (non-hydrogen) atoms. The van der Waals surface area contributed by atoms with E-state index in [9.17, 15) is 9.59 Å². The van der Waals surface area contributed by atoms with Gasteiger partial charge in [0.25, 0.3) is 5.91 Å². The molecule has 0 spiro atoms. The van der Waals surface area contributed by atoms with Gasteiger partial charge in [-0.3, -0.25) is 9.59 Å². The Bertz CT molecular complexity index is 447. The van der Waals surface area contributed by atoms with Crippen LogP contribution in [0, 0.1) is 0 Å². The lowest BCUT2D eigenvalue weighted by Crippen LogP contribution is -2.50. The molecule has 2 heterocycles. The SMILES string of the molecule is CN1CCN(C(=O)c2ccc(Cl)nc2)CC1=O. The van der Waals surface area contributed by atoms with Crippen molar-refractivity contribution in [2.24, 2.45) is 0 Å². The van der Waals surface area contributed by atoms with E-state index in [1.807, 2.05) is 0 Å². The van der Waals surface area contributed by atoms with E-state index in [2.05, 4.69) is 4.98 Å². The topological polar surface area (TPSA) is 53.5 Å². The zero-order chi connectivity index (χ0) is 12.4. The first-order chi connectivity index (χ1) is 8.08. The minimum absolute atomic E-state index is 0.0495. The highest BCUT2D eigenvalue weighted by molar-refractivity contribution is 6.29. The van der Waals surface area contributed by atoms with Gasteiger partial charge in [-0.05, 0) is 12.1 Å². The summed E-state index contributed by atoms with van der Waals surface area (Å²) < 4.78 is 0. The summed E-state index contributed by atoms with van der Waals surface area (Å²) in [6, 6.07) is 3.17. The number of carbonyl (C=O) groups excluding carboxylic acids is 2. The van der Waals surface area contributed by atoms with Gasteiger partial charge in [-0.2, -0.15) is 0 Å². The Balaban J connectivity index is 2.10. The van der Waals surface area contributed by atoms with Crippen molar-refractivity contribution >= 4 is 23.4 Å². The van der Waals surface area contributed by atoms with Gasteiger partial charge in [-0.25, -0.2) is 4.98 Å². The molecular formula is C11H12ClN3O2. The number of aromatic nitrogens is 1. The number of carbonyl (C=O) groups is 2. The maximum absolute atomic E-state index is 12.0. The fourth-order valence-electron chi connectivity index (χ4n) is 1.62. The Kier molecular flexibility index (Phi) is 3.28. The van der Waals surface area contributed by atoms with Crippen molar-refractivity contribution in [3.63, 3.8) is 0 Å². The first kappa shape index (κ1) is 11.9. The normalized spacial score (nSPS) is 16.2. The molecule has 1 aromatic heterocycles. The number of nitrogens with zero attached hydrogens (tertiary/aromatic N) is 3. The van der Waals surface area contributed by atoms with E-state index in [0.29, 0.717) is 23.8 Å². The van der Waals surface area contributed by atoms with Gasteiger partial charge in [0.1, 0.15) is 11.7 Å². The van der Waals surface area contributed by atoms with Crippen molar-refractivity contribution in [3.05, 3.63) is 29.0 Å². The molecule has 1 fully saturated rings. The summed E-state index contributed by atoms with van der Waals surface area (Å²) in [5.41, 5.74) is 0.451. The van der Waals surface area contributed by atoms with Crippen LogP contribution in [0.4, 0.5) is 0 Å². The van der Waals surface area contributed by atoms with E-state index < -0.39 is 0 Å². The maximum atomic E-state index is 12.0. The molecule has 5 nitrogen and oxygen atoms in total. The van der Waals surface area contributed by atoms with Gasteiger partial charge in [0.05, 0.1) is 5.56 Å². The summed E-state index contributed by atoms with van der Waals surface area (Å²) in [6.45, 7) is 1.23. The van der Waals surface area contributed by atoms with Crippen molar-refractivity contribution in [1.29, 1.82) is 0 Å². The first-order valence-corrected chi connectivity index (χ1v) is 5.60. The molecule has 1 saturated heterocycles. The Morgan fingerprint density at radius 3 is 2.76 bits per heavy atom. The van der Waals surface area contributed by atoms with Crippen LogP contribution in [0.2, 0.25) is 5.15 Å². The van der Waals surface area contributed by atoms with Crippen LogP contribution >= 0.6 is 11.6 Å². The molecule has 1 aliphatic heterocycles. The van der Waals surface area contributed by atoms with Crippen molar-refractivity contribution in [3.8, 4) is 0 Å². The van der Waals surface area contributed by atoms with Crippen molar-refractivity contribution < 1.29 is 9.59 Å². The van der Waals surface area contributed by atoms with Gasteiger partial charge in [-0.1, -0.05) is 11.6 Å². The molecule has 0 radical (unpaired) electrons. The number of pyridine rings is 1. The molecule has 0 aromatic carbocycles. The molecule has 0 saturated carbocycles. The number of likely N-dealkylation sites (N-methyl/N-ethyl adjacent to an activating group) is 1. The Labute approximate surface area is 104 Å². The second-order valence-corrected chi connectivity index (χ2v) is 4.30. The molecule has 6 heteroatoms. The molecule has 0 unspecified atom stereocenters. The van der Waals surface area contributed by atoms with Crippen LogP contribution in [-0.2, 0) is 4.79 Å². The van der Waals surface area contributed by atoms with E-state index >= 15 is 0 Å². The molecular weight excluding hydrogens is 242 g/mol. The van der Waals surface area contributed by atoms with E-state index in [-0.39, 0.29) is 18.4 Å². The predicted molar refractivity (Wildman–Crippen MR) is 62.8 cm³/mol. The van der Waals surface area contributed by atoms with Crippen LogP contribution in [0.5, 0.6) is 0 Å². The molecule has 1 aromatic rings. The molecule has 90 valence electrons. The third kappa shape index (κ3) is 2.55. The number of hydrogen-bond acceptors (Lipinski definition) is 3. The van der Waals surface area contributed by atoms with E-state index in [1.54, 1.807) is 24.1 Å². The lowest BCUT2D eigenvalue weighted by molar-refractivity contribution is -0.133. The van der Waals surface area contributed by atoms with Gasteiger partial charge >= 0.3 is 0 Å². The summed E-state index contributed by atoms with van der Waals surface area (Å²) in [5, 5.41) is 0.344. The zero-order valence-electron chi connectivity index (χ0n) is 9.39. The first-order valence-electron chi connectivity index (χ1n) is 5.23. The second kappa shape index (κ2) is 4.71. The number of rotatable bonds is 1. The maximum Gasteiger partial charge on any atom is 0.255 e. The summed E-state index contributed by atoms with van der Waals surface area (Å²) in [7, 11) is 1.73. The number of amides is 2. The van der Waals surface area contributed by atoms with Crippen LogP contribution in [-0.4, -0.2) is 53.3 Å². The van der Waals surface area contributed by atoms with E-state index in [0.717, 1.165) is 0 Å². The van der Waals surface area contributed by atoms with E-state index in [4.69, 9.17) is 11.6 Å². The van der Waals surface area contributed by atoms with Gasteiger partial charge in [0.15, 0.2) is 0 Å². The summed E-state index contributed by atoms with van der Waals surface area (Å²) >= 11 is 5.65. The third-order valence-electron chi connectivity index (χ3n) is 2.72. The Morgan fingerprint density at radius 2 is 2.18 bits per heavy atom. The minimum atomic E-state index is -0.185. The van der Waals surface area contributed by atoms with Crippen molar-refractivity contribution in [2.75, 3.05) is 26.7 Å². The van der Waals surface area contributed by atoms with Crippen LogP contribution in [0.15, 0.2) is 18.3 Å². The highest BCUT2D eigenvalue weighted by Crippen LogP contribution is 2.10. The summed E-state index contributed by atoms with van der Waals surface area (Å²) in [6.07, 6.45) is 1.42.